The third-order valence-corrected chi connectivity index (χ3v) is 13.0. The quantitative estimate of drug-likeness (QED) is 0.00993. The molecule has 2 fully saturated rings. The first-order chi connectivity index (χ1) is 32.6. The van der Waals surface area contributed by atoms with E-state index in [1.54, 1.807) is 0 Å². The highest BCUT2D eigenvalue weighted by atomic mass is 31.2. The van der Waals surface area contributed by atoms with Crippen molar-refractivity contribution in [1.29, 1.82) is 0 Å². The van der Waals surface area contributed by atoms with Crippen molar-refractivity contribution < 1.29 is 81.6 Å². The molecule has 68 heavy (non-hydrogen) atoms. The van der Waals surface area contributed by atoms with Gasteiger partial charge >= 0.3 is 27.6 Å². The lowest BCUT2D eigenvalue weighted by Gasteiger charge is -2.43. The molecule has 19 heteroatoms. The summed E-state index contributed by atoms with van der Waals surface area (Å²) in [5.74, 6) is -1.29. The van der Waals surface area contributed by atoms with Crippen molar-refractivity contribution in [2.75, 3.05) is 13.2 Å². The molecule has 7 N–H and O–H groups in total. The van der Waals surface area contributed by atoms with Gasteiger partial charge in [0, 0.05) is 12.8 Å². The highest BCUT2D eigenvalue weighted by molar-refractivity contribution is 7.47. The van der Waals surface area contributed by atoms with Crippen LogP contribution in [-0.4, -0.2) is 115 Å². The molecule has 2 rings (SSSR count). The van der Waals surface area contributed by atoms with Gasteiger partial charge in [0.25, 0.3) is 0 Å². The molecule has 10 atom stereocenters. The largest absolute Gasteiger partial charge is 0.472 e. The summed E-state index contributed by atoms with van der Waals surface area (Å²) in [4.78, 5) is 54.4. The molecule has 0 aromatic rings. The molecule has 0 aromatic carbocycles. The average Bonchev–Trinajstić information content (AvgIpc) is 4.05. The Labute approximate surface area is 404 Å². The van der Waals surface area contributed by atoms with Gasteiger partial charge in [-0.05, 0) is 83.5 Å². The van der Waals surface area contributed by atoms with Crippen LogP contribution in [0.3, 0.4) is 0 Å². The number of epoxide rings is 1. The topological polar surface area (TPSA) is 269 Å². The first-order valence-electron chi connectivity index (χ1n) is 25.0. The Balaban J connectivity index is 1.81. The maximum absolute atomic E-state index is 13.0. The van der Waals surface area contributed by atoms with E-state index in [1.165, 1.54) is 38.5 Å². The van der Waals surface area contributed by atoms with E-state index < -0.39 is 83.5 Å². The zero-order chi connectivity index (χ0) is 50.0. The van der Waals surface area contributed by atoms with E-state index in [2.05, 4.69) is 67.0 Å². The lowest BCUT2D eigenvalue weighted by atomic mass is 9.85. The van der Waals surface area contributed by atoms with Gasteiger partial charge in [0.1, 0.15) is 43.2 Å². The maximum atomic E-state index is 13.0. The second kappa shape index (κ2) is 36.6. The van der Waals surface area contributed by atoms with Crippen LogP contribution >= 0.6 is 15.6 Å². The number of phosphoric ester groups is 2. The summed E-state index contributed by atoms with van der Waals surface area (Å²) in [6, 6.07) is 0. The number of carbonyl (C=O) groups is 2. The fourth-order valence-electron chi connectivity index (χ4n) is 7.44. The number of rotatable bonds is 40. The SMILES string of the molecule is CCCCC/C=C\C/C=C\CCCCCCCCCC(=O)O[C@H](COC(=O)CCC/C=C\CC1OC1C/C=C\C/C=C\CCCCC)COP(=O)(O)O[C@H]1C(O)C(O)C(O)[C@@H](OP(=O)(O)O)C1O. The van der Waals surface area contributed by atoms with Gasteiger partial charge in [-0.3, -0.25) is 23.2 Å². The molecular formula is C49H84O17P2. The highest BCUT2D eigenvalue weighted by Gasteiger charge is 2.54. The van der Waals surface area contributed by atoms with Gasteiger partial charge in [0.05, 0.1) is 18.8 Å². The van der Waals surface area contributed by atoms with Crippen molar-refractivity contribution in [3.63, 3.8) is 0 Å². The molecule has 1 aliphatic carbocycles. The minimum atomic E-state index is -5.38. The Morgan fingerprint density at radius 1 is 0.529 bits per heavy atom. The molecule has 7 unspecified atom stereocenters. The van der Waals surface area contributed by atoms with Gasteiger partial charge in [-0.1, -0.05) is 132 Å². The van der Waals surface area contributed by atoms with Gasteiger partial charge in [0.15, 0.2) is 6.10 Å². The van der Waals surface area contributed by atoms with Crippen LogP contribution in [0.15, 0.2) is 60.8 Å². The number of unbranched alkanes of at least 4 members (excludes halogenated alkanes) is 14. The van der Waals surface area contributed by atoms with Gasteiger partial charge in [0.2, 0.25) is 0 Å². The third kappa shape index (κ3) is 29.8. The summed E-state index contributed by atoms with van der Waals surface area (Å²) in [5, 5.41) is 41.3. The second-order valence-corrected chi connectivity index (χ2v) is 20.2. The molecule has 0 radical (unpaired) electrons. The van der Waals surface area contributed by atoms with Crippen molar-refractivity contribution in [2.45, 2.75) is 223 Å². The maximum Gasteiger partial charge on any atom is 0.472 e. The number of ether oxygens (including phenoxy) is 3. The van der Waals surface area contributed by atoms with Crippen molar-refractivity contribution in [1.82, 2.24) is 0 Å². The number of phosphoric acid groups is 2. The average molecular weight is 1010 g/mol. The fraction of sp³-hybridized carbons (Fsp3) is 0.755. The van der Waals surface area contributed by atoms with Gasteiger partial charge in [-0.25, -0.2) is 9.13 Å². The van der Waals surface area contributed by atoms with Crippen molar-refractivity contribution in [3.05, 3.63) is 60.8 Å². The molecule has 1 saturated carbocycles. The van der Waals surface area contributed by atoms with E-state index in [4.69, 9.17) is 23.3 Å². The highest BCUT2D eigenvalue weighted by Crippen LogP contribution is 2.49. The Bertz CT molecular complexity index is 1610. The number of esters is 2. The van der Waals surface area contributed by atoms with E-state index in [-0.39, 0.29) is 25.0 Å². The number of hydrogen-bond donors (Lipinski definition) is 7. The molecular weight excluding hydrogens is 922 g/mol. The lowest BCUT2D eigenvalue weighted by molar-refractivity contribution is -0.216. The van der Waals surface area contributed by atoms with Crippen LogP contribution in [0.4, 0.5) is 0 Å². The molecule has 1 heterocycles. The van der Waals surface area contributed by atoms with Gasteiger partial charge in [-0.15, -0.1) is 0 Å². The molecule has 2 aliphatic rings. The number of hydrogen-bond acceptors (Lipinski definition) is 14. The predicted molar refractivity (Wildman–Crippen MR) is 259 cm³/mol. The van der Waals surface area contributed by atoms with Gasteiger partial charge in [-0.2, -0.15) is 0 Å². The third-order valence-electron chi connectivity index (χ3n) is 11.5. The number of allylic oxidation sites excluding steroid dienone is 8. The molecule has 0 amide bonds. The first-order valence-corrected chi connectivity index (χ1v) is 28.0. The summed E-state index contributed by atoms with van der Waals surface area (Å²) < 4.78 is 55.2. The molecule has 1 aliphatic heterocycles. The van der Waals surface area contributed by atoms with E-state index in [1.807, 2.05) is 12.2 Å². The summed E-state index contributed by atoms with van der Waals surface area (Å²) >= 11 is 0. The molecule has 17 nitrogen and oxygen atoms in total. The van der Waals surface area contributed by atoms with Crippen LogP contribution in [0.5, 0.6) is 0 Å². The van der Waals surface area contributed by atoms with Crippen LogP contribution in [0.1, 0.15) is 168 Å². The molecule has 1 saturated heterocycles. The molecule has 0 spiro atoms. The summed E-state index contributed by atoms with van der Waals surface area (Å²) in [7, 11) is -10.7. The smallest absolute Gasteiger partial charge is 0.462 e. The number of aliphatic hydroxyl groups is 4. The zero-order valence-corrected chi connectivity index (χ0v) is 42.3. The lowest BCUT2D eigenvalue weighted by Crippen LogP contribution is -2.64. The van der Waals surface area contributed by atoms with E-state index >= 15 is 0 Å². The Kier molecular flexibility index (Phi) is 33.2. The molecule has 0 bridgehead atoms. The van der Waals surface area contributed by atoms with Crippen LogP contribution < -0.4 is 0 Å². The van der Waals surface area contributed by atoms with Gasteiger partial charge < -0.3 is 49.3 Å². The number of carbonyl (C=O) groups excluding carboxylic acids is 2. The summed E-state index contributed by atoms with van der Waals surface area (Å²) in [6.07, 6.45) is 29.1. The Morgan fingerprint density at radius 3 is 1.54 bits per heavy atom. The number of aliphatic hydroxyl groups excluding tert-OH is 4. The molecule has 0 aromatic heterocycles. The van der Waals surface area contributed by atoms with E-state index in [9.17, 15) is 53.8 Å². The normalized spacial score (nSPS) is 24.7. The van der Waals surface area contributed by atoms with Crippen LogP contribution in [0.25, 0.3) is 0 Å². The van der Waals surface area contributed by atoms with Crippen molar-refractivity contribution >= 4 is 27.6 Å². The van der Waals surface area contributed by atoms with Crippen LogP contribution in [0.2, 0.25) is 0 Å². The summed E-state index contributed by atoms with van der Waals surface area (Å²) in [6.45, 7) is 2.99. The predicted octanol–water partition coefficient (Wildman–Crippen LogP) is 8.83. The fourth-order valence-corrected chi connectivity index (χ4v) is 8.98. The Morgan fingerprint density at radius 2 is 0.985 bits per heavy atom. The van der Waals surface area contributed by atoms with Crippen LogP contribution in [0, 0.1) is 0 Å². The monoisotopic (exact) mass is 1010 g/mol. The zero-order valence-electron chi connectivity index (χ0n) is 40.5. The minimum Gasteiger partial charge on any atom is -0.462 e. The Hall–Kier alpha value is -2.34. The van der Waals surface area contributed by atoms with Crippen molar-refractivity contribution in [3.8, 4) is 0 Å². The summed E-state index contributed by atoms with van der Waals surface area (Å²) in [5.41, 5.74) is 0. The minimum absolute atomic E-state index is 0.0176. The van der Waals surface area contributed by atoms with Crippen molar-refractivity contribution in [2.24, 2.45) is 0 Å². The second-order valence-electron chi connectivity index (χ2n) is 17.6. The first kappa shape index (κ1) is 61.8. The standard InChI is InChI=1S/C49H84O17P2/c1-3-5-7-9-11-13-14-15-16-17-18-19-20-22-24-26-32-36-43(51)63-39(38-62-68(59,60)66-49-46(54)44(52)45(53)48(47(49)55)65-67(56,57)58)37-61-42(50)35-31-28-27-30-34-41-40(64-41)33-29-25-23-21-12-10-8-6-4-2/h11-13,15-16,21,25,27,29-30,39-41,44-49,52-55H,3-10,14,17-20,22-24,26,28,31-38H2,1-2H3,(H,59,60)(H2,56,57,58)/b13-11-,16-15-,21-12-,29-25-,30-27-/t39-,40?,41?,44?,45?,46?,47?,48-,49+/m1/s1. The van der Waals surface area contributed by atoms with Crippen LogP contribution in [-0.2, 0) is 46.5 Å². The molecule has 392 valence electrons. The van der Waals surface area contributed by atoms with E-state index in [0.29, 0.717) is 19.3 Å². The van der Waals surface area contributed by atoms with E-state index in [0.717, 1.165) is 83.5 Å².